The van der Waals surface area contributed by atoms with Crippen molar-refractivity contribution in [3.05, 3.63) is 35.0 Å². The van der Waals surface area contributed by atoms with Crippen molar-refractivity contribution in [2.24, 2.45) is 7.05 Å². The Morgan fingerprint density at radius 2 is 2.33 bits per heavy atom. The summed E-state index contributed by atoms with van der Waals surface area (Å²) >= 11 is 5.67. The van der Waals surface area contributed by atoms with E-state index in [1.807, 2.05) is 26.2 Å². The Hall–Kier alpha value is -1.42. The summed E-state index contributed by atoms with van der Waals surface area (Å²) in [6, 6.07) is 3.58. The SMILES string of the molecule is Cc1nn(C)cc1NCc1ccc(Cl)o1. The summed E-state index contributed by atoms with van der Waals surface area (Å²) in [5, 5.41) is 7.87. The fraction of sp³-hybridized carbons (Fsp3) is 0.300. The summed E-state index contributed by atoms with van der Waals surface area (Å²) < 4.78 is 7.00. The largest absolute Gasteiger partial charge is 0.448 e. The van der Waals surface area contributed by atoms with Crippen LogP contribution in [0, 0.1) is 6.92 Å². The van der Waals surface area contributed by atoms with Gasteiger partial charge in [0.25, 0.3) is 0 Å². The van der Waals surface area contributed by atoms with Crippen LogP contribution in [0.15, 0.2) is 22.7 Å². The van der Waals surface area contributed by atoms with Crippen molar-refractivity contribution in [3.8, 4) is 0 Å². The van der Waals surface area contributed by atoms with Gasteiger partial charge in [-0.25, -0.2) is 0 Å². The van der Waals surface area contributed by atoms with Gasteiger partial charge < -0.3 is 9.73 Å². The van der Waals surface area contributed by atoms with E-state index in [-0.39, 0.29) is 0 Å². The Labute approximate surface area is 92.8 Å². The first-order chi connectivity index (χ1) is 7.15. The Kier molecular flexibility index (Phi) is 2.68. The van der Waals surface area contributed by atoms with E-state index in [1.54, 1.807) is 10.7 Å². The van der Waals surface area contributed by atoms with Gasteiger partial charge in [-0.15, -0.1) is 0 Å². The molecule has 5 heteroatoms. The first-order valence-corrected chi connectivity index (χ1v) is 5.01. The zero-order chi connectivity index (χ0) is 10.8. The summed E-state index contributed by atoms with van der Waals surface area (Å²) in [6.07, 6.45) is 1.93. The molecule has 0 unspecified atom stereocenters. The lowest BCUT2D eigenvalue weighted by molar-refractivity contribution is 0.520. The van der Waals surface area contributed by atoms with E-state index in [9.17, 15) is 0 Å². The quantitative estimate of drug-likeness (QED) is 0.873. The molecule has 0 radical (unpaired) electrons. The van der Waals surface area contributed by atoms with Crippen molar-refractivity contribution in [1.29, 1.82) is 0 Å². The lowest BCUT2D eigenvalue weighted by Crippen LogP contribution is -1.98. The molecular formula is C10H12ClN3O. The number of hydrogen-bond acceptors (Lipinski definition) is 3. The van der Waals surface area contributed by atoms with Crippen molar-refractivity contribution in [1.82, 2.24) is 9.78 Å². The average Bonchev–Trinajstić information content (AvgIpc) is 2.70. The zero-order valence-corrected chi connectivity index (χ0v) is 9.38. The summed E-state index contributed by atoms with van der Waals surface area (Å²) in [5.74, 6) is 0.809. The Morgan fingerprint density at radius 1 is 1.53 bits per heavy atom. The molecule has 0 atom stereocenters. The third kappa shape index (κ3) is 2.33. The number of rotatable bonds is 3. The number of aryl methyl sites for hydroxylation is 2. The van der Waals surface area contributed by atoms with Crippen LogP contribution in [-0.2, 0) is 13.6 Å². The van der Waals surface area contributed by atoms with Crippen molar-refractivity contribution < 1.29 is 4.42 Å². The molecule has 0 aliphatic heterocycles. The molecule has 0 aliphatic carbocycles. The molecule has 0 bridgehead atoms. The van der Waals surface area contributed by atoms with Gasteiger partial charge in [0.2, 0.25) is 0 Å². The third-order valence-corrected chi connectivity index (χ3v) is 2.30. The van der Waals surface area contributed by atoms with Crippen molar-refractivity contribution in [3.63, 3.8) is 0 Å². The standard InChI is InChI=1S/C10H12ClN3O/c1-7-9(6-14(2)13-7)12-5-8-3-4-10(11)15-8/h3-4,6,12H,5H2,1-2H3. The maximum absolute atomic E-state index is 5.67. The predicted octanol–water partition coefficient (Wildman–Crippen LogP) is 2.59. The van der Waals surface area contributed by atoms with Crippen LogP contribution >= 0.6 is 11.6 Å². The molecule has 4 nitrogen and oxygen atoms in total. The smallest absolute Gasteiger partial charge is 0.193 e. The third-order valence-electron chi connectivity index (χ3n) is 2.10. The van der Waals surface area contributed by atoms with E-state index >= 15 is 0 Å². The van der Waals surface area contributed by atoms with E-state index < -0.39 is 0 Å². The summed E-state index contributed by atoms with van der Waals surface area (Å²) in [7, 11) is 1.89. The second kappa shape index (κ2) is 3.98. The van der Waals surface area contributed by atoms with Crippen LogP contribution < -0.4 is 5.32 Å². The van der Waals surface area contributed by atoms with Crippen LogP contribution in [0.4, 0.5) is 5.69 Å². The van der Waals surface area contributed by atoms with Gasteiger partial charge >= 0.3 is 0 Å². The van der Waals surface area contributed by atoms with E-state index in [2.05, 4.69) is 10.4 Å². The number of aromatic nitrogens is 2. The lowest BCUT2D eigenvalue weighted by atomic mass is 10.4. The Bertz CT molecular complexity index is 461. The summed E-state index contributed by atoms with van der Waals surface area (Å²) in [6.45, 7) is 2.57. The number of anilines is 1. The molecule has 0 saturated carbocycles. The number of nitrogens with zero attached hydrogens (tertiary/aromatic N) is 2. The highest BCUT2D eigenvalue weighted by molar-refractivity contribution is 6.28. The van der Waals surface area contributed by atoms with E-state index in [0.717, 1.165) is 17.1 Å². The highest BCUT2D eigenvalue weighted by Gasteiger charge is 2.04. The van der Waals surface area contributed by atoms with E-state index in [4.69, 9.17) is 16.0 Å². The van der Waals surface area contributed by atoms with Crippen LogP contribution in [0.1, 0.15) is 11.5 Å². The van der Waals surface area contributed by atoms with Gasteiger partial charge in [-0.05, 0) is 30.7 Å². The van der Waals surface area contributed by atoms with Gasteiger partial charge in [0.05, 0.1) is 17.9 Å². The lowest BCUT2D eigenvalue weighted by Gasteiger charge is -2.00. The van der Waals surface area contributed by atoms with Gasteiger partial charge in [-0.3, -0.25) is 4.68 Å². The van der Waals surface area contributed by atoms with E-state index in [1.165, 1.54) is 0 Å². The number of furan rings is 1. The van der Waals surface area contributed by atoms with Crippen LogP contribution in [0.5, 0.6) is 0 Å². The van der Waals surface area contributed by atoms with Gasteiger partial charge in [-0.1, -0.05) is 0 Å². The fourth-order valence-corrected chi connectivity index (χ4v) is 1.56. The molecule has 0 amide bonds. The molecule has 0 aromatic carbocycles. The number of nitrogens with one attached hydrogen (secondary N) is 1. The van der Waals surface area contributed by atoms with Gasteiger partial charge in [-0.2, -0.15) is 5.10 Å². The minimum absolute atomic E-state index is 0.412. The molecule has 0 aliphatic rings. The molecule has 1 N–H and O–H groups in total. The predicted molar refractivity (Wildman–Crippen MR) is 59.0 cm³/mol. The molecule has 15 heavy (non-hydrogen) atoms. The molecule has 80 valence electrons. The van der Waals surface area contributed by atoms with Crippen LogP contribution in [-0.4, -0.2) is 9.78 Å². The zero-order valence-electron chi connectivity index (χ0n) is 8.62. The fourth-order valence-electron chi connectivity index (χ4n) is 1.40. The topological polar surface area (TPSA) is 43.0 Å². The minimum atomic E-state index is 0.412. The monoisotopic (exact) mass is 225 g/mol. The van der Waals surface area contributed by atoms with Gasteiger partial charge in [0, 0.05) is 13.2 Å². The van der Waals surface area contributed by atoms with Crippen molar-refractivity contribution >= 4 is 17.3 Å². The van der Waals surface area contributed by atoms with Crippen molar-refractivity contribution in [2.45, 2.75) is 13.5 Å². The number of halogens is 1. The maximum Gasteiger partial charge on any atom is 0.193 e. The minimum Gasteiger partial charge on any atom is -0.448 e. The molecule has 0 fully saturated rings. The molecule has 0 spiro atoms. The molecule has 2 heterocycles. The first kappa shape index (κ1) is 10.1. The highest BCUT2D eigenvalue weighted by atomic mass is 35.5. The molecular weight excluding hydrogens is 214 g/mol. The Morgan fingerprint density at radius 3 is 2.87 bits per heavy atom. The molecule has 2 rings (SSSR count). The van der Waals surface area contributed by atoms with Gasteiger partial charge in [0.1, 0.15) is 5.76 Å². The van der Waals surface area contributed by atoms with Crippen LogP contribution in [0.25, 0.3) is 0 Å². The molecule has 2 aromatic heterocycles. The maximum atomic E-state index is 5.67. The van der Waals surface area contributed by atoms with E-state index in [0.29, 0.717) is 11.8 Å². The second-order valence-corrected chi connectivity index (χ2v) is 3.73. The van der Waals surface area contributed by atoms with Crippen LogP contribution in [0.2, 0.25) is 5.22 Å². The second-order valence-electron chi connectivity index (χ2n) is 3.36. The highest BCUT2D eigenvalue weighted by Crippen LogP contribution is 2.16. The van der Waals surface area contributed by atoms with Gasteiger partial charge in [0.15, 0.2) is 5.22 Å². The first-order valence-electron chi connectivity index (χ1n) is 4.63. The molecule has 0 saturated heterocycles. The molecule has 2 aromatic rings. The Balaban J connectivity index is 2.01. The number of hydrogen-bond donors (Lipinski definition) is 1. The summed E-state index contributed by atoms with van der Waals surface area (Å²) in [4.78, 5) is 0. The summed E-state index contributed by atoms with van der Waals surface area (Å²) in [5.41, 5.74) is 1.97. The van der Waals surface area contributed by atoms with Crippen molar-refractivity contribution in [2.75, 3.05) is 5.32 Å². The average molecular weight is 226 g/mol. The normalized spacial score (nSPS) is 10.6. The van der Waals surface area contributed by atoms with Crippen LogP contribution in [0.3, 0.4) is 0 Å².